The maximum Gasteiger partial charge on any atom is 0.119 e. The predicted molar refractivity (Wildman–Crippen MR) is 88.6 cm³/mol. The fourth-order valence-electron chi connectivity index (χ4n) is 2.48. The smallest absolute Gasteiger partial charge is 0.119 e. The number of nitrogens with one attached hydrogen (secondary N) is 2. The number of ether oxygens (including phenoxy) is 1. The Morgan fingerprint density at radius 3 is 2.45 bits per heavy atom. The highest BCUT2D eigenvalue weighted by atomic mass is 35.5. The molecule has 2 N–H and O–H groups in total. The van der Waals surface area contributed by atoms with Gasteiger partial charge in [-0.1, -0.05) is 18.2 Å². The van der Waals surface area contributed by atoms with E-state index in [1.165, 1.54) is 16.3 Å². The number of piperazine rings is 1. The summed E-state index contributed by atoms with van der Waals surface area (Å²) in [5.41, 5.74) is 1.35. The zero-order chi connectivity index (χ0) is 12.4. The van der Waals surface area contributed by atoms with E-state index in [9.17, 15) is 0 Å². The summed E-state index contributed by atoms with van der Waals surface area (Å²) in [4.78, 5) is 0. The van der Waals surface area contributed by atoms with Crippen molar-refractivity contribution in [1.29, 1.82) is 0 Å². The minimum absolute atomic E-state index is 0. The van der Waals surface area contributed by atoms with Gasteiger partial charge in [-0.3, -0.25) is 0 Å². The van der Waals surface area contributed by atoms with Crippen molar-refractivity contribution in [2.75, 3.05) is 26.7 Å². The van der Waals surface area contributed by atoms with Gasteiger partial charge in [-0.2, -0.15) is 0 Å². The van der Waals surface area contributed by atoms with Crippen LogP contribution in [0.3, 0.4) is 0 Å². The lowest BCUT2D eigenvalue weighted by Crippen LogP contribution is -2.42. The molecule has 0 bridgehead atoms. The number of hydrogen-bond acceptors (Lipinski definition) is 3. The van der Waals surface area contributed by atoms with Crippen LogP contribution in [0.4, 0.5) is 0 Å². The maximum atomic E-state index is 5.25. The van der Waals surface area contributed by atoms with Crippen molar-refractivity contribution >= 4 is 35.6 Å². The summed E-state index contributed by atoms with van der Waals surface area (Å²) in [6, 6.07) is 13.3. The first kappa shape index (κ1) is 17.1. The van der Waals surface area contributed by atoms with Gasteiger partial charge in [0.05, 0.1) is 7.11 Å². The largest absolute Gasteiger partial charge is 0.497 e. The van der Waals surface area contributed by atoms with Crippen molar-refractivity contribution in [2.45, 2.75) is 6.04 Å². The molecule has 1 fully saturated rings. The average molecular weight is 315 g/mol. The van der Waals surface area contributed by atoms with Crippen LogP contribution in [0.2, 0.25) is 0 Å². The second-order valence-electron chi connectivity index (χ2n) is 4.68. The van der Waals surface area contributed by atoms with E-state index < -0.39 is 0 Å². The second-order valence-corrected chi connectivity index (χ2v) is 4.68. The third-order valence-corrected chi connectivity index (χ3v) is 3.51. The number of methoxy groups -OCH3 is 1. The molecule has 0 aliphatic carbocycles. The Morgan fingerprint density at radius 1 is 1.00 bits per heavy atom. The van der Waals surface area contributed by atoms with E-state index in [2.05, 4.69) is 41.0 Å². The summed E-state index contributed by atoms with van der Waals surface area (Å²) in [6.45, 7) is 3.09. The Labute approximate surface area is 131 Å². The third kappa shape index (κ3) is 3.55. The zero-order valence-corrected chi connectivity index (χ0v) is 13.0. The van der Waals surface area contributed by atoms with Crippen molar-refractivity contribution in [3.8, 4) is 5.75 Å². The number of rotatable bonds is 2. The lowest BCUT2D eigenvalue weighted by molar-refractivity contribution is 0.415. The zero-order valence-electron chi connectivity index (χ0n) is 11.4. The van der Waals surface area contributed by atoms with Crippen LogP contribution in [-0.2, 0) is 0 Å². The Hall–Kier alpha value is -1.000. The van der Waals surface area contributed by atoms with E-state index in [1.54, 1.807) is 7.11 Å². The molecule has 0 aromatic heterocycles. The molecule has 3 rings (SSSR count). The summed E-state index contributed by atoms with van der Waals surface area (Å²) in [5.74, 6) is 0.910. The molecule has 2 aromatic rings. The SMILES string of the molecule is COc1ccc2cc([C@H]3CNCCN3)ccc2c1.Cl.Cl. The summed E-state index contributed by atoms with van der Waals surface area (Å²) >= 11 is 0. The van der Waals surface area contributed by atoms with Gasteiger partial charge in [-0.15, -0.1) is 24.8 Å². The molecular weight excluding hydrogens is 295 g/mol. The average Bonchev–Trinajstić information content (AvgIpc) is 2.47. The van der Waals surface area contributed by atoms with E-state index in [0.29, 0.717) is 6.04 Å². The highest BCUT2D eigenvalue weighted by Crippen LogP contribution is 2.24. The molecule has 1 heterocycles. The van der Waals surface area contributed by atoms with Gasteiger partial charge in [0.2, 0.25) is 0 Å². The van der Waals surface area contributed by atoms with Gasteiger partial charge in [0, 0.05) is 25.7 Å². The lowest BCUT2D eigenvalue weighted by atomic mass is 10.0. The first-order valence-corrected chi connectivity index (χ1v) is 6.38. The van der Waals surface area contributed by atoms with Crippen LogP contribution in [0.25, 0.3) is 10.8 Å². The fraction of sp³-hybridized carbons (Fsp3) is 0.333. The van der Waals surface area contributed by atoms with Gasteiger partial charge in [-0.05, 0) is 34.5 Å². The monoisotopic (exact) mass is 314 g/mol. The number of benzene rings is 2. The molecule has 0 saturated carbocycles. The normalized spacial score (nSPS) is 17.9. The first-order valence-electron chi connectivity index (χ1n) is 6.38. The van der Waals surface area contributed by atoms with Crippen molar-refractivity contribution < 1.29 is 4.74 Å². The summed E-state index contributed by atoms with van der Waals surface area (Å²) in [6.07, 6.45) is 0. The van der Waals surface area contributed by atoms with E-state index >= 15 is 0 Å². The Kier molecular flexibility index (Phi) is 6.56. The van der Waals surface area contributed by atoms with Gasteiger partial charge in [-0.25, -0.2) is 0 Å². The van der Waals surface area contributed by atoms with Crippen molar-refractivity contribution in [3.05, 3.63) is 42.0 Å². The van der Waals surface area contributed by atoms with Crippen LogP contribution in [0.1, 0.15) is 11.6 Å². The molecule has 110 valence electrons. The van der Waals surface area contributed by atoms with Gasteiger partial charge < -0.3 is 15.4 Å². The molecule has 3 nitrogen and oxygen atoms in total. The molecule has 1 aliphatic heterocycles. The highest BCUT2D eigenvalue weighted by molar-refractivity contribution is 5.86. The standard InChI is InChI=1S/C15H18N2O.2ClH/c1-18-14-5-4-11-8-13(3-2-12(11)9-14)15-10-16-6-7-17-15;;/h2-5,8-9,15-17H,6-7,10H2,1H3;2*1H/t15-;;/m1../s1. The second kappa shape index (κ2) is 7.70. The molecule has 0 amide bonds. The van der Waals surface area contributed by atoms with E-state index in [0.717, 1.165) is 25.4 Å². The van der Waals surface area contributed by atoms with Crippen molar-refractivity contribution in [3.63, 3.8) is 0 Å². The summed E-state index contributed by atoms with van der Waals surface area (Å²) in [5, 5.41) is 9.44. The molecular formula is C15H20Cl2N2O. The van der Waals surface area contributed by atoms with Crippen molar-refractivity contribution in [1.82, 2.24) is 10.6 Å². The summed E-state index contributed by atoms with van der Waals surface area (Å²) < 4.78 is 5.25. The van der Waals surface area contributed by atoms with Gasteiger partial charge >= 0.3 is 0 Å². The van der Waals surface area contributed by atoms with E-state index in [4.69, 9.17) is 4.74 Å². The number of hydrogen-bond donors (Lipinski definition) is 2. The van der Waals surface area contributed by atoms with Crippen molar-refractivity contribution in [2.24, 2.45) is 0 Å². The predicted octanol–water partition coefficient (Wildman–Crippen LogP) is 2.93. The lowest BCUT2D eigenvalue weighted by Gasteiger charge is -2.25. The van der Waals surface area contributed by atoms with E-state index in [1.807, 2.05) is 6.07 Å². The Balaban J connectivity index is 0.000001000. The van der Waals surface area contributed by atoms with Crippen LogP contribution in [-0.4, -0.2) is 26.7 Å². The quantitative estimate of drug-likeness (QED) is 0.894. The van der Waals surface area contributed by atoms with Crippen LogP contribution in [0, 0.1) is 0 Å². The third-order valence-electron chi connectivity index (χ3n) is 3.51. The molecule has 5 heteroatoms. The molecule has 0 spiro atoms. The van der Waals surface area contributed by atoms with Crippen LogP contribution < -0.4 is 15.4 Å². The fourth-order valence-corrected chi connectivity index (χ4v) is 2.48. The van der Waals surface area contributed by atoms with Gasteiger partial charge in [0.15, 0.2) is 0 Å². The van der Waals surface area contributed by atoms with Gasteiger partial charge in [0.25, 0.3) is 0 Å². The molecule has 1 aliphatic rings. The van der Waals surface area contributed by atoms with Crippen LogP contribution in [0.5, 0.6) is 5.75 Å². The van der Waals surface area contributed by atoms with Crippen LogP contribution in [0.15, 0.2) is 36.4 Å². The molecule has 2 aromatic carbocycles. The molecule has 20 heavy (non-hydrogen) atoms. The van der Waals surface area contributed by atoms with Gasteiger partial charge in [0.1, 0.15) is 5.75 Å². The highest BCUT2D eigenvalue weighted by Gasteiger charge is 2.14. The molecule has 0 radical (unpaired) electrons. The van der Waals surface area contributed by atoms with Crippen LogP contribution >= 0.6 is 24.8 Å². The molecule has 1 saturated heterocycles. The Bertz CT molecular complexity index is 557. The first-order chi connectivity index (χ1) is 8.86. The number of fused-ring (bicyclic) bond motifs is 1. The minimum atomic E-state index is 0. The topological polar surface area (TPSA) is 33.3 Å². The van der Waals surface area contributed by atoms with E-state index in [-0.39, 0.29) is 24.8 Å². The Morgan fingerprint density at radius 2 is 1.75 bits per heavy atom. The minimum Gasteiger partial charge on any atom is -0.497 e. The number of halogens is 2. The molecule has 1 atom stereocenters. The summed E-state index contributed by atoms with van der Waals surface area (Å²) in [7, 11) is 1.70. The molecule has 0 unspecified atom stereocenters. The maximum absolute atomic E-state index is 5.25.